The molecule has 3 heteroatoms. The molecule has 2 aromatic heterocycles. The second kappa shape index (κ2) is 4.76. The van der Waals surface area contributed by atoms with Crippen molar-refractivity contribution >= 4 is 11.3 Å². The van der Waals surface area contributed by atoms with Gasteiger partial charge < -0.3 is 5.11 Å². The summed E-state index contributed by atoms with van der Waals surface area (Å²) in [5.41, 5.74) is 0.283. The van der Waals surface area contributed by atoms with Crippen LogP contribution in [0.4, 0.5) is 0 Å². The van der Waals surface area contributed by atoms with Gasteiger partial charge in [-0.1, -0.05) is 12.1 Å². The molecule has 0 aliphatic carbocycles. The fourth-order valence-corrected chi connectivity index (χ4v) is 2.44. The van der Waals surface area contributed by atoms with Gasteiger partial charge in [-0.2, -0.15) is 0 Å². The summed E-state index contributed by atoms with van der Waals surface area (Å²) in [4.78, 5) is 5.27. The highest BCUT2D eigenvalue weighted by molar-refractivity contribution is 7.10. The van der Waals surface area contributed by atoms with Crippen molar-refractivity contribution in [2.75, 3.05) is 0 Å². The number of rotatable bonds is 4. The monoisotopic (exact) mass is 233 g/mol. The van der Waals surface area contributed by atoms with Crippen molar-refractivity contribution in [1.29, 1.82) is 0 Å². The lowest BCUT2D eigenvalue weighted by Crippen LogP contribution is -2.20. The van der Waals surface area contributed by atoms with Gasteiger partial charge in [-0.15, -0.1) is 11.3 Å². The number of nitrogens with zero attached hydrogens (tertiary/aromatic N) is 1. The van der Waals surface area contributed by atoms with Crippen molar-refractivity contribution < 1.29 is 5.11 Å². The van der Waals surface area contributed by atoms with Crippen LogP contribution in [0.2, 0.25) is 0 Å². The molecule has 0 unspecified atom stereocenters. The molecule has 0 bridgehead atoms. The molecule has 2 aromatic rings. The largest absolute Gasteiger partial charge is 0.385 e. The fourth-order valence-electron chi connectivity index (χ4n) is 1.63. The molecule has 0 aromatic carbocycles. The van der Waals surface area contributed by atoms with Crippen molar-refractivity contribution in [3.05, 3.63) is 52.5 Å². The molecule has 0 amide bonds. The van der Waals surface area contributed by atoms with E-state index in [1.54, 1.807) is 17.5 Å². The molecule has 2 heterocycles. The Morgan fingerprint density at radius 3 is 2.81 bits per heavy atom. The van der Waals surface area contributed by atoms with Gasteiger partial charge >= 0.3 is 0 Å². The summed E-state index contributed by atoms with van der Waals surface area (Å²) in [7, 11) is 0. The minimum absolute atomic E-state index is 0.699. The summed E-state index contributed by atoms with van der Waals surface area (Å²) in [5, 5.41) is 12.3. The highest BCUT2D eigenvalue weighted by atomic mass is 32.1. The zero-order valence-corrected chi connectivity index (χ0v) is 10.1. The van der Waals surface area contributed by atoms with Gasteiger partial charge in [-0.05, 0) is 43.3 Å². The van der Waals surface area contributed by atoms with Gasteiger partial charge in [0.15, 0.2) is 0 Å². The number of aliphatic hydroxyl groups is 1. The van der Waals surface area contributed by atoms with Crippen molar-refractivity contribution in [2.24, 2.45) is 0 Å². The second-order valence-electron chi connectivity index (χ2n) is 4.07. The Labute approximate surface area is 99.6 Å². The van der Waals surface area contributed by atoms with Gasteiger partial charge in [0.2, 0.25) is 0 Å². The molecule has 0 aliphatic heterocycles. The smallest absolute Gasteiger partial charge is 0.0963 e. The summed E-state index contributed by atoms with van der Waals surface area (Å²) >= 11 is 1.59. The van der Waals surface area contributed by atoms with E-state index < -0.39 is 5.60 Å². The summed E-state index contributed by atoms with van der Waals surface area (Å²) in [6.45, 7) is 1.86. The van der Waals surface area contributed by atoms with Crippen LogP contribution in [0, 0.1) is 0 Å². The number of pyridine rings is 1. The first-order valence-electron chi connectivity index (χ1n) is 5.35. The lowest BCUT2D eigenvalue weighted by Gasteiger charge is -2.21. The molecule has 0 spiro atoms. The summed E-state index contributed by atoms with van der Waals surface area (Å²) in [5.74, 6) is 0. The van der Waals surface area contributed by atoms with E-state index >= 15 is 0 Å². The molecular formula is C13H15NOS. The van der Waals surface area contributed by atoms with Crippen LogP contribution in [0.15, 0.2) is 41.9 Å². The van der Waals surface area contributed by atoms with Crippen LogP contribution >= 0.6 is 11.3 Å². The number of aryl methyl sites for hydroxylation is 1. The maximum atomic E-state index is 10.3. The zero-order chi connectivity index (χ0) is 11.4. The van der Waals surface area contributed by atoms with E-state index in [0.717, 1.165) is 17.0 Å². The Morgan fingerprint density at radius 1 is 1.31 bits per heavy atom. The lowest BCUT2D eigenvalue weighted by molar-refractivity contribution is 0.0516. The highest BCUT2D eigenvalue weighted by Gasteiger charge is 2.23. The van der Waals surface area contributed by atoms with Gasteiger partial charge in [-0.3, -0.25) is 4.98 Å². The Bertz CT molecular complexity index is 422. The SMILES string of the molecule is C[C@@](O)(CCc1ccccn1)c1cccs1. The standard InChI is InChI=1S/C13H15NOS/c1-13(15,12-6-4-10-16-12)8-7-11-5-2-3-9-14-11/h2-6,9-10,15H,7-8H2,1H3/t13-/m1/s1. The van der Waals surface area contributed by atoms with Crippen LogP contribution in [-0.4, -0.2) is 10.1 Å². The first-order chi connectivity index (χ1) is 7.68. The van der Waals surface area contributed by atoms with E-state index in [1.807, 2.05) is 42.6 Å². The molecule has 0 saturated carbocycles. The third-order valence-electron chi connectivity index (χ3n) is 2.65. The molecular weight excluding hydrogens is 218 g/mol. The zero-order valence-electron chi connectivity index (χ0n) is 9.26. The van der Waals surface area contributed by atoms with Crippen LogP contribution in [0.25, 0.3) is 0 Å². The van der Waals surface area contributed by atoms with Crippen molar-refractivity contribution in [2.45, 2.75) is 25.4 Å². The first-order valence-corrected chi connectivity index (χ1v) is 6.23. The molecule has 2 rings (SSSR count). The topological polar surface area (TPSA) is 33.1 Å². The molecule has 0 aliphatic rings. The van der Waals surface area contributed by atoms with Crippen molar-refractivity contribution in [1.82, 2.24) is 4.98 Å². The Morgan fingerprint density at radius 2 is 2.19 bits per heavy atom. The maximum absolute atomic E-state index is 10.3. The third-order valence-corrected chi connectivity index (χ3v) is 3.77. The van der Waals surface area contributed by atoms with E-state index in [9.17, 15) is 5.11 Å². The number of hydrogen-bond acceptors (Lipinski definition) is 3. The van der Waals surface area contributed by atoms with Crippen LogP contribution in [-0.2, 0) is 12.0 Å². The fraction of sp³-hybridized carbons (Fsp3) is 0.308. The third kappa shape index (κ3) is 2.68. The van der Waals surface area contributed by atoms with Crippen molar-refractivity contribution in [3.63, 3.8) is 0 Å². The normalized spacial score (nSPS) is 14.6. The summed E-state index contributed by atoms with van der Waals surface area (Å²) < 4.78 is 0. The molecule has 84 valence electrons. The molecule has 1 atom stereocenters. The minimum Gasteiger partial charge on any atom is -0.385 e. The minimum atomic E-state index is -0.744. The first kappa shape index (κ1) is 11.3. The second-order valence-corrected chi connectivity index (χ2v) is 5.02. The predicted molar refractivity (Wildman–Crippen MR) is 66.4 cm³/mol. The number of aromatic nitrogens is 1. The molecule has 2 nitrogen and oxygen atoms in total. The Hall–Kier alpha value is -1.19. The average Bonchev–Trinajstić information content (AvgIpc) is 2.82. The van der Waals surface area contributed by atoms with E-state index in [1.165, 1.54) is 0 Å². The molecule has 0 fully saturated rings. The quantitative estimate of drug-likeness (QED) is 0.880. The van der Waals surface area contributed by atoms with Gasteiger partial charge in [0.05, 0.1) is 5.60 Å². The molecule has 0 saturated heterocycles. The molecule has 1 N–H and O–H groups in total. The average molecular weight is 233 g/mol. The van der Waals surface area contributed by atoms with Crippen LogP contribution in [0.1, 0.15) is 23.9 Å². The van der Waals surface area contributed by atoms with Gasteiger partial charge in [0.1, 0.15) is 0 Å². The van der Waals surface area contributed by atoms with Gasteiger partial charge in [0, 0.05) is 16.8 Å². The van der Waals surface area contributed by atoms with Crippen LogP contribution < -0.4 is 0 Å². The Balaban J connectivity index is 2.00. The van der Waals surface area contributed by atoms with Gasteiger partial charge in [0.25, 0.3) is 0 Å². The van der Waals surface area contributed by atoms with E-state index in [2.05, 4.69) is 4.98 Å². The van der Waals surface area contributed by atoms with Crippen LogP contribution in [0.5, 0.6) is 0 Å². The lowest BCUT2D eigenvalue weighted by atomic mass is 9.97. The van der Waals surface area contributed by atoms with E-state index in [4.69, 9.17) is 0 Å². The summed E-state index contributed by atoms with van der Waals surface area (Å²) in [6.07, 6.45) is 3.28. The summed E-state index contributed by atoms with van der Waals surface area (Å²) in [6, 6.07) is 9.81. The van der Waals surface area contributed by atoms with Crippen LogP contribution in [0.3, 0.4) is 0 Å². The number of thiophene rings is 1. The maximum Gasteiger partial charge on any atom is 0.0963 e. The van der Waals surface area contributed by atoms with E-state index in [-0.39, 0.29) is 0 Å². The van der Waals surface area contributed by atoms with E-state index in [0.29, 0.717) is 6.42 Å². The van der Waals surface area contributed by atoms with Crippen molar-refractivity contribution in [3.8, 4) is 0 Å². The predicted octanol–water partition coefficient (Wildman–Crippen LogP) is 2.98. The highest BCUT2D eigenvalue weighted by Crippen LogP contribution is 2.29. The molecule has 0 radical (unpaired) electrons. The van der Waals surface area contributed by atoms with Gasteiger partial charge in [-0.25, -0.2) is 0 Å². The number of hydrogen-bond donors (Lipinski definition) is 1. The Kier molecular flexibility index (Phi) is 3.36. The molecule has 16 heavy (non-hydrogen) atoms.